The Morgan fingerprint density at radius 3 is 2.43 bits per heavy atom. The number of aliphatic hydroxyl groups excluding tert-OH is 1. The number of hydrogen-bond acceptors (Lipinski definition) is 5. The molecule has 0 spiro atoms. The van der Waals surface area contributed by atoms with Crippen LogP contribution in [0.25, 0.3) is 0 Å². The van der Waals surface area contributed by atoms with Crippen LogP contribution in [0.2, 0.25) is 0 Å². The number of thiazole rings is 1. The minimum Gasteiger partial charge on any atom is -0.465 e. The number of carbonyl (C=O) groups is 2. The highest BCUT2D eigenvalue weighted by Gasteiger charge is 2.44. The molecule has 3 N–H and O–H groups in total. The van der Waals surface area contributed by atoms with Crippen molar-refractivity contribution >= 4 is 23.3 Å². The number of aromatic nitrogens is 1. The summed E-state index contributed by atoms with van der Waals surface area (Å²) in [4.78, 5) is 30.3. The molecule has 1 heterocycles. The molecule has 0 radical (unpaired) electrons. The van der Waals surface area contributed by atoms with Gasteiger partial charge in [-0.15, -0.1) is 11.3 Å². The van der Waals surface area contributed by atoms with E-state index in [9.17, 15) is 33.0 Å². The van der Waals surface area contributed by atoms with Crippen molar-refractivity contribution in [1.29, 1.82) is 0 Å². The van der Waals surface area contributed by atoms with E-state index >= 15 is 0 Å². The van der Waals surface area contributed by atoms with E-state index in [0.717, 1.165) is 40.0 Å². The first-order chi connectivity index (χ1) is 17.5. The SMILES string of the molecule is CCCC[C@@H](C(O)C(=O)N[C@H](C)c1ccccc1)N(CC1(Cc2nc(C(F)(F)F)cs2)CCC1)C(=O)O. The zero-order valence-corrected chi connectivity index (χ0v) is 21.8. The van der Waals surface area contributed by atoms with E-state index in [-0.39, 0.29) is 25.4 Å². The van der Waals surface area contributed by atoms with Crippen LogP contribution in [0.15, 0.2) is 35.7 Å². The molecule has 1 aliphatic carbocycles. The topological polar surface area (TPSA) is 103 Å². The molecule has 0 saturated heterocycles. The molecule has 37 heavy (non-hydrogen) atoms. The third-order valence-electron chi connectivity index (χ3n) is 7.08. The van der Waals surface area contributed by atoms with Gasteiger partial charge in [0.1, 0.15) is 0 Å². The normalized spacial score (nSPS) is 17.4. The Morgan fingerprint density at radius 2 is 1.92 bits per heavy atom. The molecule has 7 nitrogen and oxygen atoms in total. The van der Waals surface area contributed by atoms with Crippen LogP contribution in [0.5, 0.6) is 0 Å². The molecule has 1 unspecified atom stereocenters. The molecule has 0 bridgehead atoms. The zero-order valence-electron chi connectivity index (χ0n) is 21.0. The maximum absolute atomic E-state index is 13.0. The largest absolute Gasteiger partial charge is 0.465 e. The Hall–Kier alpha value is -2.66. The van der Waals surface area contributed by atoms with Crippen LogP contribution in [0.3, 0.4) is 0 Å². The first-order valence-electron chi connectivity index (χ1n) is 12.5. The predicted molar refractivity (Wildman–Crippen MR) is 134 cm³/mol. The third kappa shape index (κ3) is 7.44. The van der Waals surface area contributed by atoms with Gasteiger partial charge in [0.25, 0.3) is 5.91 Å². The molecule has 1 fully saturated rings. The van der Waals surface area contributed by atoms with Crippen molar-refractivity contribution in [3.63, 3.8) is 0 Å². The zero-order chi connectivity index (χ0) is 27.2. The van der Waals surface area contributed by atoms with E-state index in [2.05, 4.69) is 10.3 Å². The number of rotatable bonds is 12. The minimum absolute atomic E-state index is 0.0101. The highest BCUT2D eigenvalue weighted by molar-refractivity contribution is 7.09. The van der Waals surface area contributed by atoms with E-state index in [1.807, 2.05) is 37.3 Å². The lowest BCUT2D eigenvalue weighted by Crippen LogP contribution is -2.56. The molecule has 11 heteroatoms. The highest BCUT2D eigenvalue weighted by Crippen LogP contribution is 2.46. The average molecular weight is 542 g/mol. The standard InChI is InChI=1S/C26H34F3N3O4S/c1-3-4-11-19(22(33)23(34)30-17(2)18-9-6-5-7-10-18)32(24(35)36)16-25(12-8-13-25)14-21-31-20(15-37-21)26(27,28)29/h5-7,9-10,15,17,19,22,33H,3-4,8,11-14,16H2,1-2H3,(H,30,34)(H,35,36)/t17-,19+,22?/m1/s1. The first-order valence-corrected chi connectivity index (χ1v) is 13.4. The van der Waals surface area contributed by atoms with Crippen molar-refractivity contribution in [3.8, 4) is 0 Å². The van der Waals surface area contributed by atoms with Gasteiger partial charge in [0.15, 0.2) is 11.8 Å². The van der Waals surface area contributed by atoms with Crippen molar-refractivity contribution in [1.82, 2.24) is 15.2 Å². The Balaban J connectivity index is 1.78. The second-order valence-corrected chi connectivity index (χ2v) is 10.8. The van der Waals surface area contributed by atoms with E-state index < -0.39 is 41.4 Å². The van der Waals surface area contributed by atoms with Crippen LogP contribution in [-0.2, 0) is 17.4 Å². The Kier molecular flexibility index (Phi) is 9.57. The lowest BCUT2D eigenvalue weighted by molar-refractivity contribution is -0.140. The number of amides is 2. The summed E-state index contributed by atoms with van der Waals surface area (Å²) >= 11 is 0.916. The number of unbranched alkanes of at least 4 members (excludes halogenated alkanes) is 1. The van der Waals surface area contributed by atoms with Crippen molar-refractivity contribution in [2.45, 2.75) is 83.2 Å². The van der Waals surface area contributed by atoms with Gasteiger partial charge < -0.3 is 20.4 Å². The van der Waals surface area contributed by atoms with E-state index in [4.69, 9.17) is 0 Å². The van der Waals surface area contributed by atoms with Crippen LogP contribution in [-0.4, -0.2) is 50.8 Å². The maximum atomic E-state index is 13.0. The molecule has 3 atom stereocenters. The van der Waals surface area contributed by atoms with E-state index in [1.165, 1.54) is 0 Å². The molecule has 2 amide bonds. The molecule has 0 aliphatic heterocycles. The molecule has 204 valence electrons. The summed E-state index contributed by atoms with van der Waals surface area (Å²) in [6.45, 7) is 3.72. The molecule has 3 rings (SSSR count). The number of nitrogens with zero attached hydrogens (tertiary/aromatic N) is 2. The first kappa shape index (κ1) is 28.9. The molecule has 2 aromatic rings. The van der Waals surface area contributed by atoms with Crippen LogP contribution >= 0.6 is 11.3 Å². The Labute approximate surface area is 218 Å². The van der Waals surface area contributed by atoms with Gasteiger partial charge in [-0.2, -0.15) is 13.2 Å². The fourth-order valence-electron chi connectivity index (χ4n) is 4.79. The van der Waals surface area contributed by atoms with Gasteiger partial charge in [0, 0.05) is 18.3 Å². The lowest BCUT2D eigenvalue weighted by atomic mass is 9.66. The smallest absolute Gasteiger partial charge is 0.434 e. The van der Waals surface area contributed by atoms with Crippen LogP contribution < -0.4 is 5.32 Å². The Bertz CT molecular complexity index is 1040. The van der Waals surface area contributed by atoms with Gasteiger partial charge in [-0.25, -0.2) is 9.78 Å². The number of alkyl halides is 3. The van der Waals surface area contributed by atoms with Crippen molar-refractivity contribution < 1.29 is 33.0 Å². The summed E-state index contributed by atoms with van der Waals surface area (Å²) < 4.78 is 39.1. The van der Waals surface area contributed by atoms with Gasteiger partial charge in [0.2, 0.25) is 0 Å². The van der Waals surface area contributed by atoms with Crippen LogP contribution in [0.4, 0.5) is 18.0 Å². The molecule has 1 aromatic carbocycles. The van der Waals surface area contributed by atoms with E-state index in [1.54, 1.807) is 6.92 Å². The van der Waals surface area contributed by atoms with E-state index in [0.29, 0.717) is 24.3 Å². The molecule has 1 saturated carbocycles. The number of nitrogens with one attached hydrogen (secondary N) is 1. The number of carbonyl (C=O) groups excluding carboxylic acids is 1. The van der Waals surface area contributed by atoms with Crippen LogP contribution in [0, 0.1) is 5.41 Å². The molecule has 1 aromatic heterocycles. The maximum Gasteiger partial charge on any atom is 0.434 e. The monoisotopic (exact) mass is 541 g/mol. The fraction of sp³-hybridized carbons (Fsp3) is 0.577. The summed E-state index contributed by atoms with van der Waals surface area (Å²) in [5.74, 6) is -0.666. The third-order valence-corrected chi connectivity index (χ3v) is 7.93. The van der Waals surface area contributed by atoms with Gasteiger partial charge in [-0.05, 0) is 37.2 Å². The van der Waals surface area contributed by atoms with Crippen molar-refractivity contribution in [2.24, 2.45) is 5.41 Å². The number of carboxylic acid groups (broad SMARTS) is 1. The molecule has 1 aliphatic rings. The predicted octanol–water partition coefficient (Wildman–Crippen LogP) is 5.65. The highest BCUT2D eigenvalue weighted by atomic mass is 32.1. The quantitative estimate of drug-likeness (QED) is 0.322. The summed E-state index contributed by atoms with van der Waals surface area (Å²) in [7, 11) is 0. The minimum atomic E-state index is -4.53. The molecular formula is C26H34F3N3O4S. The summed E-state index contributed by atoms with van der Waals surface area (Å²) in [6, 6.07) is 7.84. The second-order valence-electron chi connectivity index (χ2n) is 9.86. The van der Waals surface area contributed by atoms with Crippen molar-refractivity contribution in [2.75, 3.05) is 6.54 Å². The number of hydrogen-bond donors (Lipinski definition) is 3. The van der Waals surface area contributed by atoms with Gasteiger partial charge >= 0.3 is 12.3 Å². The summed E-state index contributed by atoms with van der Waals surface area (Å²) in [5.41, 5.74) is -0.687. The lowest BCUT2D eigenvalue weighted by Gasteiger charge is -2.46. The summed E-state index contributed by atoms with van der Waals surface area (Å²) in [6.07, 6.45) is -3.49. The number of benzene rings is 1. The van der Waals surface area contributed by atoms with Gasteiger partial charge in [-0.3, -0.25) is 4.79 Å². The average Bonchev–Trinajstić information content (AvgIpc) is 3.31. The number of halogens is 3. The van der Waals surface area contributed by atoms with Gasteiger partial charge in [-0.1, -0.05) is 56.5 Å². The Morgan fingerprint density at radius 1 is 1.24 bits per heavy atom. The molecular weight excluding hydrogens is 507 g/mol. The number of aliphatic hydroxyl groups is 1. The van der Waals surface area contributed by atoms with Crippen LogP contribution in [0.1, 0.15) is 74.7 Å². The summed E-state index contributed by atoms with van der Waals surface area (Å²) in [5, 5.41) is 25.2. The second kappa shape index (κ2) is 12.3. The van der Waals surface area contributed by atoms with Gasteiger partial charge in [0.05, 0.1) is 17.1 Å². The van der Waals surface area contributed by atoms with Crippen molar-refractivity contribution in [3.05, 3.63) is 52.0 Å². The fourth-order valence-corrected chi connectivity index (χ4v) is 5.77.